The second kappa shape index (κ2) is 9.80. The Kier molecular flexibility index (Phi) is 8.77. The molecule has 0 radical (unpaired) electrons. The van der Waals surface area contributed by atoms with Gasteiger partial charge in [0.25, 0.3) is 0 Å². The van der Waals surface area contributed by atoms with E-state index in [4.69, 9.17) is 28.9 Å². The zero-order chi connectivity index (χ0) is 22.7. The highest BCUT2D eigenvalue weighted by Gasteiger charge is 2.63. The zero-order valence-corrected chi connectivity index (χ0v) is 19.4. The second-order valence-electron chi connectivity index (χ2n) is 5.73. The molecule has 3 nitrogen and oxygen atoms in total. The molecule has 0 heterocycles. The highest BCUT2D eigenvalue weighted by atomic mass is 79.9. The molecule has 0 unspecified atom stereocenters. The third-order valence-corrected chi connectivity index (χ3v) is 5.86. The van der Waals surface area contributed by atoms with Gasteiger partial charge in [0.15, 0.2) is 0 Å². The maximum absolute atomic E-state index is 12.7. The van der Waals surface area contributed by atoms with Crippen LogP contribution < -0.4 is 11.1 Å². The molecule has 0 saturated heterocycles. The summed E-state index contributed by atoms with van der Waals surface area (Å²) in [5.74, 6) is -7.93. The van der Waals surface area contributed by atoms with Crippen LogP contribution in [0.25, 0.3) is 0 Å². The zero-order valence-electron chi connectivity index (χ0n) is 14.7. The van der Waals surface area contributed by atoms with Crippen LogP contribution in [-0.2, 0) is 4.79 Å². The maximum Gasteiger partial charge on any atom is 0.463 e. The lowest BCUT2D eigenvalue weighted by Crippen LogP contribution is -2.47. The average molecular weight is 587 g/mol. The van der Waals surface area contributed by atoms with Crippen LogP contribution in [0.2, 0.25) is 10.0 Å². The number of nitrogens with two attached hydrogens (primary N) is 1. The average Bonchev–Trinajstić information content (AvgIpc) is 2.57. The molecule has 0 atom stereocenters. The fourth-order valence-corrected chi connectivity index (χ4v) is 3.02. The van der Waals surface area contributed by atoms with Crippen molar-refractivity contribution >= 4 is 72.3 Å². The van der Waals surface area contributed by atoms with E-state index in [0.29, 0.717) is 9.50 Å². The van der Waals surface area contributed by atoms with Gasteiger partial charge in [-0.15, -0.1) is 0 Å². The van der Waals surface area contributed by atoms with Gasteiger partial charge in [0.1, 0.15) is 0 Å². The van der Waals surface area contributed by atoms with Gasteiger partial charge in [0, 0.05) is 20.3 Å². The first kappa shape index (κ1) is 25.9. The normalized spacial score (nSPS) is 11.6. The number of nitrogens with one attached hydrogen (secondary N) is 1. The number of nitrogen functional groups attached to an aromatic ring is 1. The van der Waals surface area contributed by atoms with E-state index < -0.39 is 18.0 Å². The molecule has 2 aromatic rings. The monoisotopic (exact) mass is 584 g/mol. The van der Waals surface area contributed by atoms with Gasteiger partial charge in [-0.05, 0) is 81.1 Å². The maximum atomic E-state index is 12.7. The summed E-state index contributed by atoms with van der Waals surface area (Å²) in [6, 6.07) is 6.09. The number of hydrogen-bond donors (Lipinski definition) is 2. The van der Waals surface area contributed by atoms with Gasteiger partial charge in [0.05, 0.1) is 10.0 Å². The first-order valence-corrected chi connectivity index (χ1v) is 9.84. The molecule has 0 fully saturated rings. The lowest BCUT2D eigenvalue weighted by molar-refractivity contribution is -0.267. The molecule has 0 bridgehead atoms. The van der Waals surface area contributed by atoms with E-state index in [2.05, 4.69) is 31.9 Å². The van der Waals surface area contributed by atoms with Crippen LogP contribution in [0, 0.1) is 13.8 Å². The van der Waals surface area contributed by atoms with Gasteiger partial charge in [-0.1, -0.05) is 23.2 Å². The molecule has 0 aromatic heterocycles. The number of carbonyl (C=O) groups excluding carboxylic acids is 1. The van der Waals surface area contributed by atoms with Gasteiger partial charge in [-0.3, -0.25) is 4.79 Å². The summed E-state index contributed by atoms with van der Waals surface area (Å²) in [6.45, 7) is 3.36. The van der Waals surface area contributed by atoms with Crippen molar-refractivity contribution in [3.63, 3.8) is 0 Å². The Morgan fingerprint density at radius 1 is 0.931 bits per heavy atom. The third kappa shape index (κ3) is 6.70. The minimum Gasteiger partial charge on any atom is -0.398 e. The molecule has 2 rings (SSSR count). The number of alkyl halides is 5. The first-order valence-electron chi connectivity index (χ1n) is 7.50. The van der Waals surface area contributed by atoms with E-state index >= 15 is 0 Å². The molecule has 160 valence electrons. The van der Waals surface area contributed by atoms with E-state index in [0.717, 1.165) is 21.8 Å². The molecule has 12 heteroatoms. The second-order valence-corrected chi connectivity index (χ2v) is 8.25. The van der Waals surface area contributed by atoms with E-state index in [1.807, 2.05) is 13.0 Å². The summed E-state index contributed by atoms with van der Waals surface area (Å²) in [6.07, 6.45) is -5.95. The molecule has 0 aliphatic carbocycles. The van der Waals surface area contributed by atoms with Crippen molar-refractivity contribution < 1.29 is 26.7 Å². The standard InChI is InChI=1S/C10H6BrClF5NO.C7H7BrClN/c1-4-2-5(11)6(12)3-7(4)18-8(19)9(13,14)10(15,16)17;1-4-2-5(8)6(9)3-7(4)10/h2-3H,1H3,(H,18,19);2-3H,10H2,1H3. The fourth-order valence-electron chi connectivity index (χ4n) is 1.77. The van der Waals surface area contributed by atoms with Crippen molar-refractivity contribution in [1.29, 1.82) is 0 Å². The predicted molar refractivity (Wildman–Crippen MR) is 112 cm³/mol. The van der Waals surface area contributed by atoms with Crippen molar-refractivity contribution in [3.8, 4) is 0 Å². The van der Waals surface area contributed by atoms with Crippen LogP contribution in [0.5, 0.6) is 0 Å². The van der Waals surface area contributed by atoms with Gasteiger partial charge >= 0.3 is 18.0 Å². The summed E-state index contributed by atoms with van der Waals surface area (Å²) in [5, 5.41) is 2.23. The highest BCUT2D eigenvalue weighted by Crippen LogP contribution is 2.37. The Hall–Kier alpha value is -1.10. The molecular formula is C17H13Br2Cl2F5N2O. The minimum absolute atomic E-state index is 0.0659. The summed E-state index contributed by atoms with van der Waals surface area (Å²) in [5.41, 5.74) is 7.41. The third-order valence-electron chi connectivity index (χ3n) is 3.47. The molecule has 3 N–H and O–H groups in total. The van der Waals surface area contributed by atoms with Gasteiger partial charge in [0.2, 0.25) is 0 Å². The van der Waals surface area contributed by atoms with Crippen LogP contribution in [-0.4, -0.2) is 18.0 Å². The minimum atomic E-state index is -5.95. The Labute approximate surface area is 190 Å². The molecule has 2 aromatic carbocycles. The molecule has 29 heavy (non-hydrogen) atoms. The van der Waals surface area contributed by atoms with Gasteiger partial charge < -0.3 is 11.1 Å². The number of carbonyl (C=O) groups is 1. The number of anilines is 2. The number of rotatable bonds is 2. The van der Waals surface area contributed by atoms with E-state index in [9.17, 15) is 26.7 Å². The highest BCUT2D eigenvalue weighted by molar-refractivity contribution is 9.10. The Balaban J connectivity index is 0.000000352. The topological polar surface area (TPSA) is 55.1 Å². The number of benzene rings is 2. The molecular weight excluding hydrogens is 574 g/mol. The van der Waals surface area contributed by atoms with E-state index in [-0.39, 0.29) is 16.3 Å². The smallest absolute Gasteiger partial charge is 0.398 e. The summed E-state index contributed by atoms with van der Waals surface area (Å²) >= 11 is 17.8. The van der Waals surface area contributed by atoms with Crippen molar-refractivity contribution in [2.75, 3.05) is 11.1 Å². The van der Waals surface area contributed by atoms with Crippen molar-refractivity contribution in [2.45, 2.75) is 25.9 Å². The van der Waals surface area contributed by atoms with Crippen LogP contribution in [0.3, 0.4) is 0 Å². The molecule has 0 aliphatic heterocycles. The van der Waals surface area contributed by atoms with Crippen molar-refractivity contribution in [1.82, 2.24) is 0 Å². The number of aryl methyl sites for hydroxylation is 2. The largest absolute Gasteiger partial charge is 0.463 e. The van der Waals surface area contributed by atoms with Crippen molar-refractivity contribution in [3.05, 3.63) is 54.4 Å². The quantitative estimate of drug-likeness (QED) is 0.282. The Morgan fingerprint density at radius 2 is 1.38 bits per heavy atom. The summed E-state index contributed by atoms with van der Waals surface area (Å²) in [4.78, 5) is 11.0. The molecule has 0 saturated carbocycles. The summed E-state index contributed by atoms with van der Waals surface area (Å²) in [7, 11) is 0. The Bertz CT molecular complexity index is 873. The number of hydrogen-bond acceptors (Lipinski definition) is 2. The van der Waals surface area contributed by atoms with Gasteiger partial charge in [-0.25, -0.2) is 0 Å². The Morgan fingerprint density at radius 3 is 1.83 bits per heavy atom. The van der Waals surface area contributed by atoms with Gasteiger partial charge in [-0.2, -0.15) is 22.0 Å². The van der Waals surface area contributed by atoms with Crippen LogP contribution in [0.15, 0.2) is 33.2 Å². The summed E-state index contributed by atoms with van der Waals surface area (Å²) < 4.78 is 62.8. The van der Waals surface area contributed by atoms with Crippen molar-refractivity contribution in [2.24, 2.45) is 0 Å². The van der Waals surface area contributed by atoms with E-state index in [1.54, 1.807) is 6.07 Å². The molecule has 1 amide bonds. The van der Waals surface area contributed by atoms with Crippen LogP contribution in [0.4, 0.5) is 33.3 Å². The molecule has 0 aliphatic rings. The number of amides is 1. The first-order chi connectivity index (χ1) is 13.1. The van der Waals surface area contributed by atoms with E-state index in [1.165, 1.54) is 18.3 Å². The lowest BCUT2D eigenvalue weighted by atomic mass is 10.2. The SMILES string of the molecule is Cc1cc(Br)c(Cl)cc1N.Cc1cc(Br)c(Cl)cc1NC(=O)C(F)(F)C(F)(F)F. The van der Waals surface area contributed by atoms with Crippen LogP contribution >= 0.6 is 55.1 Å². The lowest BCUT2D eigenvalue weighted by Gasteiger charge is -2.19. The number of halogens is 9. The van der Waals surface area contributed by atoms with Crippen LogP contribution in [0.1, 0.15) is 11.1 Å². The fraction of sp³-hybridized carbons (Fsp3) is 0.235. The predicted octanol–water partition coefficient (Wildman–Crippen LogP) is 7.54. The molecule has 0 spiro atoms.